The zero-order valence-corrected chi connectivity index (χ0v) is 6.21. The van der Waals surface area contributed by atoms with Gasteiger partial charge < -0.3 is 10.2 Å². The predicted molar refractivity (Wildman–Crippen MR) is 33.4 cm³/mol. The van der Waals surface area contributed by atoms with Gasteiger partial charge in [-0.25, -0.2) is 4.79 Å². The van der Waals surface area contributed by atoms with Gasteiger partial charge in [0.2, 0.25) is 0 Å². The van der Waals surface area contributed by atoms with E-state index in [4.69, 9.17) is 10.2 Å². The number of hydrogen-bond donors (Lipinski definition) is 2. The third kappa shape index (κ3) is 2.11. The third-order valence-corrected chi connectivity index (χ3v) is 1.29. The van der Waals surface area contributed by atoms with Crippen LogP contribution in [-0.2, 0) is 4.79 Å². The molecular formula is C6H10F2O3. The summed E-state index contributed by atoms with van der Waals surface area (Å²) >= 11 is 0. The maximum absolute atomic E-state index is 12.3. The zero-order chi connectivity index (χ0) is 9.23. The number of rotatable bonds is 3. The first-order chi connectivity index (χ1) is 4.80. The second-order valence-corrected chi connectivity index (χ2v) is 2.62. The maximum Gasteiger partial charge on any atom is 0.377 e. The van der Waals surface area contributed by atoms with E-state index < -0.39 is 23.9 Å². The van der Waals surface area contributed by atoms with Gasteiger partial charge in [0.1, 0.15) is 6.10 Å². The topological polar surface area (TPSA) is 57.5 Å². The summed E-state index contributed by atoms with van der Waals surface area (Å²) in [5, 5.41) is 16.6. The van der Waals surface area contributed by atoms with E-state index in [1.54, 1.807) is 0 Å². The van der Waals surface area contributed by atoms with E-state index in [9.17, 15) is 13.6 Å². The number of halogens is 2. The Morgan fingerprint density at radius 3 is 1.91 bits per heavy atom. The van der Waals surface area contributed by atoms with Gasteiger partial charge in [0.15, 0.2) is 0 Å². The highest BCUT2D eigenvalue weighted by Crippen LogP contribution is 2.23. The molecule has 1 unspecified atom stereocenters. The number of aliphatic hydroxyl groups is 1. The van der Waals surface area contributed by atoms with Gasteiger partial charge in [-0.1, -0.05) is 13.8 Å². The molecule has 1 atom stereocenters. The van der Waals surface area contributed by atoms with Crippen molar-refractivity contribution >= 4 is 5.97 Å². The summed E-state index contributed by atoms with van der Waals surface area (Å²) in [6.07, 6.45) is -2.12. The summed E-state index contributed by atoms with van der Waals surface area (Å²) in [5.41, 5.74) is 0. The number of aliphatic carboxylic acids is 1. The summed E-state index contributed by atoms with van der Waals surface area (Å²) < 4.78 is 24.7. The van der Waals surface area contributed by atoms with E-state index in [0.29, 0.717) is 0 Å². The van der Waals surface area contributed by atoms with Gasteiger partial charge in [0.05, 0.1) is 0 Å². The fraction of sp³-hybridized carbons (Fsp3) is 0.833. The number of carbonyl (C=O) groups is 1. The number of hydrogen-bond acceptors (Lipinski definition) is 2. The van der Waals surface area contributed by atoms with Crippen molar-refractivity contribution in [2.75, 3.05) is 0 Å². The number of carboxylic acid groups (broad SMARTS) is 1. The van der Waals surface area contributed by atoms with Gasteiger partial charge in [-0.05, 0) is 5.92 Å². The number of aliphatic hydroxyl groups excluding tert-OH is 1. The van der Waals surface area contributed by atoms with E-state index in [1.807, 2.05) is 0 Å². The first kappa shape index (κ1) is 10.3. The smallest absolute Gasteiger partial charge is 0.377 e. The molecule has 0 saturated carbocycles. The van der Waals surface area contributed by atoms with Crippen molar-refractivity contribution in [1.29, 1.82) is 0 Å². The molecule has 2 N–H and O–H groups in total. The molecule has 11 heavy (non-hydrogen) atoms. The van der Waals surface area contributed by atoms with E-state index in [0.717, 1.165) is 0 Å². The lowest BCUT2D eigenvalue weighted by molar-refractivity contribution is -0.186. The minimum absolute atomic E-state index is 0.777. The largest absolute Gasteiger partial charge is 0.477 e. The highest BCUT2D eigenvalue weighted by Gasteiger charge is 2.48. The van der Waals surface area contributed by atoms with Crippen LogP contribution >= 0.6 is 0 Å². The third-order valence-electron chi connectivity index (χ3n) is 1.29. The Kier molecular flexibility index (Phi) is 2.92. The van der Waals surface area contributed by atoms with E-state index in [2.05, 4.69) is 0 Å². The fourth-order valence-corrected chi connectivity index (χ4v) is 0.545. The van der Waals surface area contributed by atoms with Crippen LogP contribution in [0, 0.1) is 5.92 Å². The minimum atomic E-state index is -4.05. The van der Waals surface area contributed by atoms with Crippen LogP contribution in [0.25, 0.3) is 0 Å². The normalized spacial score (nSPS) is 15.1. The first-order valence-electron chi connectivity index (χ1n) is 3.09. The van der Waals surface area contributed by atoms with Crippen LogP contribution in [0.1, 0.15) is 13.8 Å². The molecule has 0 rings (SSSR count). The molecule has 5 heteroatoms. The highest BCUT2D eigenvalue weighted by atomic mass is 19.3. The molecule has 66 valence electrons. The lowest BCUT2D eigenvalue weighted by Crippen LogP contribution is -2.44. The number of alkyl halides is 2. The molecular weight excluding hydrogens is 158 g/mol. The molecule has 0 saturated heterocycles. The zero-order valence-electron chi connectivity index (χ0n) is 6.21. The molecule has 0 aliphatic heterocycles. The van der Waals surface area contributed by atoms with Crippen molar-refractivity contribution in [3.63, 3.8) is 0 Å². The highest BCUT2D eigenvalue weighted by molar-refractivity contribution is 5.76. The molecule has 0 aromatic heterocycles. The lowest BCUT2D eigenvalue weighted by atomic mass is 10.0. The summed E-state index contributed by atoms with van der Waals surface area (Å²) in [4.78, 5) is 9.86. The molecule has 0 aromatic rings. The van der Waals surface area contributed by atoms with Crippen molar-refractivity contribution in [3.05, 3.63) is 0 Å². The Morgan fingerprint density at radius 2 is 1.82 bits per heavy atom. The Morgan fingerprint density at radius 1 is 1.45 bits per heavy atom. The molecule has 0 spiro atoms. The molecule has 0 heterocycles. The van der Waals surface area contributed by atoms with Gasteiger partial charge in [-0.15, -0.1) is 0 Å². The van der Waals surface area contributed by atoms with Crippen LogP contribution in [0.2, 0.25) is 0 Å². The van der Waals surface area contributed by atoms with Gasteiger partial charge in [0.25, 0.3) is 0 Å². The monoisotopic (exact) mass is 168 g/mol. The predicted octanol–water partition coefficient (Wildman–Crippen LogP) is 0.723. The standard InChI is InChI=1S/C6H10F2O3/c1-3(2)4(9)6(7,8)5(10)11/h3-4,9H,1-2H3,(H,10,11). The molecule has 0 amide bonds. The van der Waals surface area contributed by atoms with Crippen LogP contribution < -0.4 is 0 Å². The molecule has 3 nitrogen and oxygen atoms in total. The Labute approximate surface area is 62.6 Å². The maximum atomic E-state index is 12.3. The molecule has 0 radical (unpaired) electrons. The van der Waals surface area contributed by atoms with Gasteiger partial charge in [0, 0.05) is 0 Å². The van der Waals surface area contributed by atoms with Crippen LogP contribution in [0.4, 0.5) is 8.78 Å². The second-order valence-electron chi connectivity index (χ2n) is 2.62. The van der Waals surface area contributed by atoms with E-state index >= 15 is 0 Å². The van der Waals surface area contributed by atoms with Crippen LogP contribution in [0.3, 0.4) is 0 Å². The summed E-state index contributed by atoms with van der Waals surface area (Å²) in [6.45, 7) is 2.64. The second kappa shape index (κ2) is 3.13. The minimum Gasteiger partial charge on any atom is -0.477 e. The quantitative estimate of drug-likeness (QED) is 0.652. The van der Waals surface area contributed by atoms with Crippen molar-refractivity contribution in [1.82, 2.24) is 0 Å². The van der Waals surface area contributed by atoms with E-state index in [-0.39, 0.29) is 0 Å². The average Bonchev–Trinajstić information content (AvgIpc) is 1.85. The Hall–Kier alpha value is -0.710. The van der Waals surface area contributed by atoms with Crippen LogP contribution in [0.15, 0.2) is 0 Å². The molecule has 0 aromatic carbocycles. The summed E-state index contributed by atoms with van der Waals surface area (Å²) in [6, 6.07) is 0. The summed E-state index contributed by atoms with van der Waals surface area (Å²) in [7, 11) is 0. The van der Waals surface area contributed by atoms with Crippen LogP contribution in [0.5, 0.6) is 0 Å². The lowest BCUT2D eigenvalue weighted by Gasteiger charge is -2.20. The Balaban J connectivity index is 4.42. The average molecular weight is 168 g/mol. The van der Waals surface area contributed by atoms with Crippen LogP contribution in [-0.4, -0.2) is 28.2 Å². The van der Waals surface area contributed by atoms with Gasteiger partial charge >= 0.3 is 11.9 Å². The molecule has 0 aliphatic carbocycles. The van der Waals surface area contributed by atoms with E-state index in [1.165, 1.54) is 13.8 Å². The summed E-state index contributed by atoms with van der Waals surface area (Å²) in [5.74, 6) is -7.12. The Bertz CT molecular complexity index is 156. The SMILES string of the molecule is CC(C)C(O)C(F)(F)C(=O)O. The van der Waals surface area contributed by atoms with Gasteiger partial charge in [-0.3, -0.25) is 0 Å². The van der Waals surface area contributed by atoms with Crippen molar-refractivity contribution in [2.24, 2.45) is 5.92 Å². The van der Waals surface area contributed by atoms with Crippen molar-refractivity contribution < 1.29 is 23.8 Å². The fourth-order valence-electron chi connectivity index (χ4n) is 0.545. The van der Waals surface area contributed by atoms with Gasteiger partial charge in [-0.2, -0.15) is 8.78 Å². The molecule has 0 bridgehead atoms. The first-order valence-corrected chi connectivity index (χ1v) is 3.09. The van der Waals surface area contributed by atoms with Crippen molar-refractivity contribution in [2.45, 2.75) is 25.9 Å². The molecule has 0 aliphatic rings. The number of carboxylic acids is 1. The van der Waals surface area contributed by atoms with Crippen molar-refractivity contribution in [3.8, 4) is 0 Å². The molecule has 0 fully saturated rings.